The van der Waals surface area contributed by atoms with Gasteiger partial charge in [0, 0.05) is 18.2 Å². The Morgan fingerprint density at radius 1 is 1.00 bits per heavy atom. The summed E-state index contributed by atoms with van der Waals surface area (Å²) < 4.78 is 27.0. The van der Waals surface area contributed by atoms with Crippen molar-refractivity contribution in [2.45, 2.75) is 26.1 Å². The SMILES string of the molecule is CC(C)C(=O)Nc1ccc(CNS(=O)(=O)Cc2ccc(Cl)c(Cl)c2)cc1. The van der Waals surface area contributed by atoms with Crippen molar-refractivity contribution in [2.75, 3.05) is 5.32 Å². The number of nitrogens with one attached hydrogen (secondary N) is 2. The van der Waals surface area contributed by atoms with Gasteiger partial charge >= 0.3 is 0 Å². The molecule has 0 aliphatic carbocycles. The fraction of sp³-hybridized carbons (Fsp3) is 0.278. The van der Waals surface area contributed by atoms with Crippen molar-refractivity contribution in [1.82, 2.24) is 4.72 Å². The van der Waals surface area contributed by atoms with E-state index in [2.05, 4.69) is 10.0 Å². The third-order valence-corrected chi connectivity index (χ3v) is 5.62. The highest BCUT2D eigenvalue weighted by Gasteiger charge is 2.13. The minimum atomic E-state index is -3.52. The summed E-state index contributed by atoms with van der Waals surface area (Å²) in [6.45, 7) is 3.78. The summed E-state index contributed by atoms with van der Waals surface area (Å²) in [6.07, 6.45) is 0. The van der Waals surface area contributed by atoms with Crippen LogP contribution in [0.2, 0.25) is 10.0 Å². The second-order valence-corrected chi connectivity index (χ2v) is 8.79. The molecule has 5 nitrogen and oxygen atoms in total. The Kier molecular flexibility index (Phi) is 7.06. The van der Waals surface area contributed by atoms with Crippen LogP contribution in [-0.4, -0.2) is 14.3 Å². The lowest BCUT2D eigenvalue weighted by Gasteiger charge is -2.10. The molecule has 8 heteroatoms. The monoisotopic (exact) mass is 414 g/mol. The van der Waals surface area contributed by atoms with E-state index in [9.17, 15) is 13.2 Å². The largest absolute Gasteiger partial charge is 0.326 e. The van der Waals surface area contributed by atoms with E-state index < -0.39 is 10.0 Å². The zero-order valence-corrected chi connectivity index (χ0v) is 16.8. The zero-order valence-electron chi connectivity index (χ0n) is 14.4. The first-order valence-electron chi connectivity index (χ1n) is 7.97. The number of hydrogen-bond donors (Lipinski definition) is 2. The Labute approximate surface area is 163 Å². The minimum Gasteiger partial charge on any atom is -0.326 e. The number of hydrogen-bond acceptors (Lipinski definition) is 3. The van der Waals surface area contributed by atoms with Gasteiger partial charge in [-0.25, -0.2) is 13.1 Å². The van der Waals surface area contributed by atoms with Gasteiger partial charge < -0.3 is 5.32 Å². The van der Waals surface area contributed by atoms with Crippen LogP contribution in [0.5, 0.6) is 0 Å². The fourth-order valence-electron chi connectivity index (χ4n) is 2.09. The molecule has 0 aromatic heterocycles. The van der Waals surface area contributed by atoms with Crippen LogP contribution in [0.3, 0.4) is 0 Å². The molecule has 2 N–H and O–H groups in total. The molecule has 0 unspecified atom stereocenters. The summed E-state index contributed by atoms with van der Waals surface area (Å²) in [5, 5.41) is 3.48. The fourth-order valence-corrected chi connectivity index (χ4v) is 3.51. The normalized spacial score (nSPS) is 11.6. The van der Waals surface area contributed by atoms with Gasteiger partial charge in [-0.05, 0) is 35.4 Å². The average Bonchev–Trinajstić information content (AvgIpc) is 2.57. The molecule has 2 aromatic carbocycles. The summed E-state index contributed by atoms with van der Waals surface area (Å²) >= 11 is 11.7. The van der Waals surface area contributed by atoms with Gasteiger partial charge in [-0.3, -0.25) is 4.79 Å². The highest BCUT2D eigenvalue weighted by Crippen LogP contribution is 2.23. The van der Waals surface area contributed by atoms with Crippen molar-refractivity contribution < 1.29 is 13.2 Å². The first-order valence-corrected chi connectivity index (χ1v) is 10.4. The standard InChI is InChI=1S/C18H20Cl2N2O3S/c1-12(2)18(23)22-15-6-3-13(4-7-15)10-21-26(24,25)11-14-5-8-16(19)17(20)9-14/h3-9,12,21H,10-11H2,1-2H3,(H,22,23). The molecule has 1 amide bonds. The van der Waals surface area contributed by atoms with Crippen LogP contribution in [0.1, 0.15) is 25.0 Å². The van der Waals surface area contributed by atoms with Crippen molar-refractivity contribution in [2.24, 2.45) is 5.92 Å². The lowest BCUT2D eigenvalue weighted by atomic mass is 10.2. The molecule has 0 aliphatic heterocycles. The molecule has 0 saturated carbocycles. The van der Waals surface area contributed by atoms with Crippen LogP contribution in [0, 0.1) is 5.92 Å². The molecular weight excluding hydrogens is 395 g/mol. The molecule has 0 bridgehead atoms. The summed E-state index contributed by atoms with van der Waals surface area (Å²) in [7, 11) is -3.52. The minimum absolute atomic E-state index is 0.0694. The van der Waals surface area contributed by atoms with E-state index in [1.165, 1.54) is 6.07 Å². The second-order valence-electron chi connectivity index (χ2n) is 6.17. The lowest BCUT2D eigenvalue weighted by Crippen LogP contribution is -2.24. The van der Waals surface area contributed by atoms with Crippen molar-refractivity contribution in [3.63, 3.8) is 0 Å². The molecule has 0 fully saturated rings. The van der Waals surface area contributed by atoms with Gasteiger partial charge in [0.2, 0.25) is 15.9 Å². The zero-order chi connectivity index (χ0) is 19.3. The van der Waals surface area contributed by atoms with Gasteiger partial charge in [0.1, 0.15) is 0 Å². The smallest absolute Gasteiger partial charge is 0.226 e. The highest BCUT2D eigenvalue weighted by atomic mass is 35.5. The molecule has 0 heterocycles. The number of halogens is 2. The van der Waals surface area contributed by atoms with E-state index in [0.29, 0.717) is 21.3 Å². The maximum absolute atomic E-state index is 12.2. The maximum atomic E-state index is 12.2. The number of carbonyl (C=O) groups excluding carboxylic acids is 1. The number of benzene rings is 2. The number of anilines is 1. The number of rotatable bonds is 7. The van der Waals surface area contributed by atoms with Crippen molar-refractivity contribution in [3.05, 3.63) is 63.6 Å². The topological polar surface area (TPSA) is 75.3 Å². The van der Waals surface area contributed by atoms with E-state index in [0.717, 1.165) is 5.56 Å². The molecule has 0 radical (unpaired) electrons. The molecular formula is C18H20Cl2N2O3S. The first kappa shape index (κ1) is 20.7. The van der Waals surface area contributed by atoms with Crippen LogP contribution in [0.15, 0.2) is 42.5 Å². The third-order valence-electron chi connectivity index (χ3n) is 3.58. The molecule has 0 atom stereocenters. The van der Waals surface area contributed by atoms with Crippen molar-refractivity contribution in [3.8, 4) is 0 Å². The number of carbonyl (C=O) groups is 1. The maximum Gasteiger partial charge on any atom is 0.226 e. The molecule has 0 aliphatic rings. The van der Waals surface area contributed by atoms with E-state index in [4.69, 9.17) is 23.2 Å². The summed E-state index contributed by atoms with van der Waals surface area (Å²) in [4.78, 5) is 11.7. The molecule has 26 heavy (non-hydrogen) atoms. The summed E-state index contributed by atoms with van der Waals surface area (Å²) in [6, 6.07) is 11.7. The molecule has 2 rings (SSSR count). The van der Waals surface area contributed by atoms with Crippen LogP contribution in [0.4, 0.5) is 5.69 Å². The van der Waals surface area contributed by atoms with Crippen LogP contribution in [-0.2, 0) is 27.1 Å². The molecule has 0 saturated heterocycles. The predicted molar refractivity (Wildman–Crippen MR) is 106 cm³/mol. The van der Waals surface area contributed by atoms with Gasteiger partial charge in [-0.2, -0.15) is 0 Å². The Balaban J connectivity index is 1.94. The van der Waals surface area contributed by atoms with Gasteiger partial charge in [0.15, 0.2) is 0 Å². The van der Waals surface area contributed by atoms with Crippen LogP contribution in [0.25, 0.3) is 0 Å². The van der Waals surface area contributed by atoms with Crippen LogP contribution < -0.4 is 10.0 Å². The third kappa shape index (κ3) is 6.29. The van der Waals surface area contributed by atoms with E-state index in [1.807, 2.05) is 13.8 Å². The highest BCUT2D eigenvalue weighted by molar-refractivity contribution is 7.88. The first-order chi connectivity index (χ1) is 12.2. The Hall–Kier alpha value is -1.60. The van der Waals surface area contributed by atoms with E-state index >= 15 is 0 Å². The Bertz CT molecular complexity index is 882. The van der Waals surface area contributed by atoms with Gasteiger partial charge in [0.25, 0.3) is 0 Å². The average molecular weight is 415 g/mol. The van der Waals surface area contributed by atoms with Crippen LogP contribution >= 0.6 is 23.2 Å². The van der Waals surface area contributed by atoms with Gasteiger partial charge in [0.05, 0.1) is 15.8 Å². The predicted octanol–water partition coefficient (Wildman–Crippen LogP) is 4.21. The Morgan fingerprint density at radius 2 is 1.62 bits per heavy atom. The van der Waals surface area contributed by atoms with Crippen molar-refractivity contribution in [1.29, 1.82) is 0 Å². The van der Waals surface area contributed by atoms with Gasteiger partial charge in [-0.15, -0.1) is 0 Å². The van der Waals surface area contributed by atoms with Gasteiger partial charge in [-0.1, -0.05) is 55.2 Å². The number of amides is 1. The van der Waals surface area contributed by atoms with E-state index in [1.54, 1.807) is 36.4 Å². The molecule has 140 valence electrons. The quantitative estimate of drug-likeness (QED) is 0.712. The lowest BCUT2D eigenvalue weighted by molar-refractivity contribution is -0.118. The second kappa shape index (κ2) is 8.86. The Morgan fingerprint density at radius 3 is 2.19 bits per heavy atom. The van der Waals surface area contributed by atoms with E-state index in [-0.39, 0.29) is 24.1 Å². The number of sulfonamides is 1. The molecule has 0 spiro atoms. The summed E-state index contributed by atoms with van der Waals surface area (Å²) in [5.74, 6) is -0.366. The van der Waals surface area contributed by atoms with Crippen molar-refractivity contribution >= 4 is 44.8 Å². The summed E-state index contributed by atoms with van der Waals surface area (Å²) in [5.41, 5.74) is 2.01. The molecule has 2 aromatic rings.